The summed E-state index contributed by atoms with van der Waals surface area (Å²) in [5, 5.41) is 11.4. The molecule has 4 aliphatic rings. The van der Waals surface area contributed by atoms with Crippen molar-refractivity contribution in [2.45, 2.75) is 44.1 Å². The molecule has 0 aromatic heterocycles. The van der Waals surface area contributed by atoms with Crippen LogP contribution in [0.2, 0.25) is 5.02 Å². The third-order valence-electron chi connectivity index (χ3n) is 5.62. The van der Waals surface area contributed by atoms with Gasteiger partial charge in [-0.2, -0.15) is 0 Å². The molecule has 0 amide bonds. The minimum absolute atomic E-state index is 0.224. The Morgan fingerprint density at radius 1 is 1.10 bits per heavy atom. The van der Waals surface area contributed by atoms with Crippen molar-refractivity contribution in [1.29, 1.82) is 0 Å². The average molecular weight is 291 g/mol. The highest BCUT2D eigenvalue weighted by Crippen LogP contribution is 2.62. The molecule has 4 bridgehead atoms. The molecule has 5 rings (SSSR count). The smallest absolute Gasteiger partial charge is 0.169 e. The summed E-state index contributed by atoms with van der Waals surface area (Å²) in [4.78, 5) is 13.0. The summed E-state index contributed by atoms with van der Waals surface area (Å²) >= 11 is 5.91. The average Bonchev–Trinajstić information content (AvgIpc) is 2.36. The highest BCUT2D eigenvalue weighted by molar-refractivity contribution is 6.30. The normalized spacial score (nSPS) is 41.9. The van der Waals surface area contributed by atoms with Gasteiger partial charge in [0.25, 0.3) is 0 Å². The van der Waals surface area contributed by atoms with Crippen molar-refractivity contribution in [3.63, 3.8) is 0 Å². The lowest BCUT2D eigenvalue weighted by Crippen LogP contribution is -2.58. The summed E-state index contributed by atoms with van der Waals surface area (Å²) in [6, 6.07) is 7.22. The van der Waals surface area contributed by atoms with Crippen LogP contribution in [0, 0.1) is 17.3 Å². The predicted octanol–water partition coefficient (Wildman–Crippen LogP) is 3.85. The van der Waals surface area contributed by atoms with Crippen LogP contribution in [-0.4, -0.2) is 16.5 Å². The fourth-order valence-electron chi connectivity index (χ4n) is 5.39. The third-order valence-corrected chi connectivity index (χ3v) is 5.87. The van der Waals surface area contributed by atoms with E-state index in [0.717, 1.165) is 31.2 Å². The molecule has 4 fully saturated rings. The number of hydrogen-bond acceptors (Lipinski definition) is 2. The quantitative estimate of drug-likeness (QED) is 0.840. The molecule has 0 aliphatic heterocycles. The minimum Gasteiger partial charge on any atom is -0.390 e. The zero-order chi connectivity index (χ0) is 14.0. The van der Waals surface area contributed by atoms with Gasteiger partial charge in [0.15, 0.2) is 5.78 Å². The molecule has 0 spiro atoms. The van der Waals surface area contributed by atoms with Crippen molar-refractivity contribution in [2.75, 3.05) is 0 Å². The first-order chi connectivity index (χ1) is 9.48. The first-order valence-electron chi connectivity index (χ1n) is 7.51. The molecule has 4 saturated carbocycles. The van der Waals surface area contributed by atoms with Gasteiger partial charge in [0.2, 0.25) is 0 Å². The second-order valence-electron chi connectivity index (χ2n) is 7.30. The minimum atomic E-state index is -0.577. The fraction of sp³-hybridized carbons (Fsp3) is 0.588. The lowest BCUT2D eigenvalue weighted by atomic mass is 9.46. The Bertz CT molecular complexity index is 549. The van der Waals surface area contributed by atoms with Gasteiger partial charge in [0.1, 0.15) is 0 Å². The number of hydrogen-bond donors (Lipinski definition) is 1. The highest BCUT2D eigenvalue weighted by atomic mass is 35.5. The summed E-state index contributed by atoms with van der Waals surface area (Å²) < 4.78 is 0. The van der Waals surface area contributed by atoms with Crippen LogP contribution in [-0.2, 0) is 0 Å². The van der Waals surface area contributed by atoms with Gasteiger partial charge in [-0.05, 0) is 74.6 Å². The molecule has 2 unspecified atom stereocenters. The van der Waals surface area contributed by atoms with E-state index < -0.39 is 5.60 Å². The maximum Gasteiger partial charge on any atom is 0.169 e. The van der Waals surface area contributed by atoms with Crippen molar-refractivity contribution in [3.8, 4) is 0 Å². The fourth-order valence-corrected chi connectivity index (χ4v) is 5.51. The van der Waals surface area contributed by atoms with Gasteiger partial charge in [-0.15, -0.1) is 0 Å². The van der Waals surface area contributed by atoms with Gasteiger partial charge in [-0.25, -0.2) is 0 Å². The first-order valence-corrected chi connectivity index (χ1v) is 7.89. The number of carbonyl (C=O) groups is 1. The number of halogens is 1. The van der Waals surface area contributed by atoms with Crippen molar-refractivity contribution in [3.05, 3.63) is 34.9 Å². The number of aliphatic hydroxyl groups is 1. The van der Waals surface area contributed by atoms with Gasteiger partial charge in [0, 0.05) is 16.0 Å². The van der Waals surface area contributed by atoms with Crippen LogP contribution < -0.4 is 0 Å². The van der Waals surface area contributed by atoms with Crippen molar-refractivity contribution in [1.82, 2.24) is 0 Å². The van der Waals surface area contributed by atoms with Gasteiger partial charge in [-0.3, -0.25) is 4.79 Å². The van der Waals surface area contributed by atoms with Gasteiger partial charge in [0.05, 0.1) is 5.60 Å². The molecule has 3 heteroatoms. The second kappa shape index (κ2) is 4.08. The lowest BCUT2D eigenvalue weighted by molar-refractivity contribution is -0.148. The number of Topliss-reactive ketones (excluding diaryl/α,β-unsaturated/α-hetero) is 1. The van der Waals surface area contributed by atoms with Crippen LogP contribution in [0.15, 0.2) is 24.3 Å². The van der Waals surface area contributed by atoms with Crippen LogP contribution >= 0.6 is 11.6 Å². The van der Waals surface area contributed by atoms with Crippen molar-refractivity contribution >= 4 is 17.4 Å². The van der Waals surface area contributed by atoms with E-state index in [2.05, 4.69) is 0 Å². The first kappa shape index (κ1) is 12.8. The van der Waals surface area contributed by atoms with E-state index in [1.54, 1.807) is 12.1 Å². The van der Waals surface area contributed by atoms with Crippen LogP contribution in [0.1, 0.15) is 48.9 Å². The molecule has 0 saturated heterocycles. The van der Waals surface area contributed by atoms with Crippen molar-refractivity contribution < 1.29 is 9.90 Å². The van der Waals surface area contributed by atoms with E-state index in [-0.39, 0.29) is 11.2 Å². The largest absolute Gasteiger partial charge is 0.390 e. The van der Waals surface area contributed by atoms with Gasteiger partial charge < -0.3 is 5.11 Å². The van der Waals surface area contributed by atoms with Gasteiger partial charge >= 0.3 is 0 Å². The highest BCUT2D eigenvalue weighted by Gasteiger charge is 2.59. The molecular formula is C17H19ClO2. The molecule has 20 heavy (non-hydrogen) atoms. The zero-order valence-electron chi connectivity index (χ0n) is 11.4. The van der Waals surface area contributed by atoms with Gasteiger partial charge in [-0.1, -0.05) is 11.6 Å². The Balaban J connectivity index is 1.70. The Kier molecular flexibility index (Phi) is 2.62. The molecule has 1 aromatic carbocycles. The maximum absolute atomic E-state index is 13.0. The van der Waals surface area contributed by atoms with Crippen LogP contribution in [0.4, 0.5) is 0 Å². The predicted molar refractivity (Wildman–Crippen MR) is 77.8 cm³/mol. The molecule has 0 radical (unpaired) electrons. The summed E-state index contributed by atoms with van der Waals surface area (Å²) in [5.74, 6) is 1.30. The van der Waals surface area contributed by atoms with Crippen molar-refractivity contribution in [2.24, 2.45) is 17.3 Å². The van der Waals surface area contributed by atoms with Crippen LogP contribution in [0.25, 0.3) is 0 Å². The number of ketones is 1. The second-order valence-corrected chi connectivity index (χ2v) is 7.74. The zero-order valence-corrected chi connectivity index (χ0v) is 12.2. The van der Waals surface area contributed by atoms with Crippen LogP contribution in [0.5, 0.6) is 0 Å². The molecule has 2 nitrogen and oxygen atoms in total. The third kappa shape index (κ3) is 1.85. The topological polar surface area (TPSA) is 37.3 Å². The Labute approximate surface area is 124 Å². The Morgan fingerprint density at radius 2 is 1.70 bits per heavy atom. The van der Waals surface area contributed by atoms with E-state index in [0.29, 0.717) is 23.3 Å². The molecular weight excluding hydrogens is 272 g/mol. The number of benzene rings is 1. The molecule has 2 atom stereocenters. The summed E-state index contributed by atoms with van der Waals surface area (Å²) in [6.45, 7) is 0. The maximum atomic E-state index is 13.0. The Morgan fingerprint density at radius 3 is 2.25 bits per heavy atom. The number of carbonyl (C=O) groups excluding carboxylic acids is 1. The molecule has 1 N–H and O–H groups in total. The monoisotopic (exact) mass is 290 g/mol. The number of rotatable bonds is 2. The van der Waals surface area contributed by atoms with E-state index >= 15 is 0 Å². The molecule has 106 valence electrons. The molecule has 1 aromatic rings. The van der Waals surface area contributed by atoms with E-state index in [1.165, 1.54) is 6.42 Å². The molecule has 0 heterocycles. The SMILES string of the molecule is O=C(c1ccc(Cl)cc1)C12CC3CC(CC(O)(C3)C1)C2. The molecule has 4 aliphatic carbocycles. The Hall–Kier alpha value is -0.860. The summed E-state index contributed by atoms with van der Waals surface area (Å²) in [6.07, 6.45) is 5.60. The van der Waals surface area contributed by atoms with E-state index in [1.807, 2.05) is 12.1 Å². The lowest BCUT2D eigenvalue weighted by Gasteiger charge is -2.59. The van der Waals surface area contributed by atoms with E-state index in [4.69, 9.17) is 11.6 Å². The standard InChI is InChI=1S/C17H19ClO2/c18-14-3-1-13(2-4-14)15(19)16-6-11-5-12(7-16)9-17(20,8-11)10-16/h1-4,11-12,20H,5-10H2. The summed E-state index contributed by atoms with van der Waals surface area (Å²) in [5.41, 5.74) is -0.140. The summed E-state index contributed by atoms with van der Waals surface area (Å²) in [7, 11) is 0. The van der Waals surface area contributed by atoms with E-state index in [9.17, 15) is 9.90 Å². The van der Waals surface area contributed by atoms with Crippen LogP contribution in [0.3, 0.4) is 0 Å².